The van der Waals surface area contributed by atoms with Crippen molar-refractivity contribution in [3.8, 4) is 11.5 Å². The van der Waals surface area contributed by atoms with Crippen molar-refractivity contribution in [3.05, 3.63) is 18.2 Å². The summed E-state index contributed by atoms with van der Waals surface area (Å²) in [5.41, 5.74) is 0. The largest absolute Gasteiger partial charge is 0.490 e. The molecule has 2 heterocycles. The van der Waals surface area contributed by atoms with Crippen molar-refractivity contribution in [3.63, 3.8) is 0 Å². The average molecular weight is 475 g/mol. The molecular weight excluding hydrogens is 444 g/mol. The van der Waals surface area contributed by atoms with Crippen molar-refractivity contribution in [2.24, 2.45) is 0 Å². The zero-order valence-corrected chi connectivity index (χ0v) is 19.3. The summed E-state index contributed by atoms with van der Waals surface area (Å²) in [5.74, 6) is 0.710. The number of sulfonamides is 1. The monoisotopic (exact) mass is 474 g/mol. The van der Waals surface area contributed by atoms with Gasteiger partial charge in [-0.3, -0.25) is 4.79 Å². The molecule has 1 aromatic rings. The minimum absolute atomic E-state index is 0.0224. The van der Waals surface area contributed by atoms with Crippen molar-refractivity contribution >= 4 is 25.8 Å². The SMILES string of the molecule is CCCCN(C(=O)CCNS(=O)(=O)c1ccc2c(c1)OCCCO2)C1CCS(=O)(=O)C1. The fourth-order valence-electron chi connectivity index (χ4n) is 3.69. The van der Waals surface area contributed by atoms with E-state index >= 15 is 0 Å². The van der Waals surface area contributed by atoms with Gasteiger partial charge >= 0.3 is 0 Å². The number of carbonyl (C=O) groups is 1. The van der Waals surface area contributed by atoms with E-state index in [0.717, 1.165) is 12.8 Å². The number of benzene rings is 1. The van der Waals surface area contributed by atoms with Gasteiger partial charge in [0.05, 0.1) is 29.6 Å². The number of sulfone groups is 1. The van der Waals surface area contributed by atoms with Crippen LogP contribution >= 0.6 is 0 Å². The van der Waals surface area contributed by atoms with Gasteiger partial charge in [-0.05, 0) is 25.0 Å². The highest BCUT2D eigenvalue weighted by molar-refractivity contribution is 7.91. The number of fused-ring (bicyclic) bond motifs is 1. The predicted octanol–water partition coefficient (Wildman–Crippen LogP) is 1.33. The Morgan fingerprint density at radius 2 is 1.97 bits per heavy atom. The molecule has 2 aliphatic heterocycles. The van der Waals surface area contributed by atoms with Crippen molar-refractivity contribution in [2.75, 3.05) is 37.8 Å². The minimum Gasteiger partial charge on any atom is -0.490 e. The van der Waals surface area contributed by atoms with E-state index in [-0.39, 0.29) is 41.3 Å². The van der Waals surface area contributed by atoms with Gasteiger partial charge in [0, 0.05) is 38.0 Å². The number of amides is 1. The molecule has 0 aromatic heterocycles. The summed E-state index contributed by atoms with van der Waals surface area (Å²) >= 11 is 0. The summed E-state index contributed by atoms with van der Waals surface area (Å²) < 4.78 is 62.5. The van der Waals surface area contributed by atoms with Crippen LogP contribution in [0, 0.1) is 0 Å². The first-order valence-electron chi connectivity index (χ1n) is 10.6. The van der Waals surface area contributed by atoms with E-state index in [1.165, 1.54) is 12.1 Å². The van der Waals surface area contributed by atoms with Crippen LogP contribution in [0.3, 0.4) is 0 Å². The second-order valence-corrected chi connectivity index (χ2v) is 11.8. The summed E-state index contributed by atoms with van der Waals surface area (Å²) in [7, 11) is -6.95. The predicted molar refractivity (Wildman–Crippen MR) is 116 cm³/mol. The van der Waals surface area contributed by atoms with Crippen LogP contribution in [0.15, 0.2) is 23.1 Å². The van der Waals surface area contributed by atoms with Gasteiger partial charge in [-0.2, -0.15) is 0 Å². The molecule has 1 fully saturated rings. The Morgan fingerprint density at radius 1 is 1.23 bits per heavy atom. The molecule has 1 saturated heterocycles. The van der Waals surface area contributed by atoms with Crippen molar-refractivity contribution in [1.29, 1.82) is 0 Å². The Balaban J connectivity index is 1.60. The molecule has 1 unspecified atom stereocenters. The highest BCUT2D eigenvalue weighted by Gasteiger charge is 2.34. The summed E-state index contributed by atoms with van der Waals surface area (Å²) in [5, 5.41) is 0. The molecule has 2 aliphatic rings. The first kappa shape index (κ1) is 23.8. The molecule has 3 rings (SSSR count). The number of hydrogen-bond acceptors (Lipinski definition) is 7. The van der Waals surface area contributed by atoms with E-state index in [1.54, 1.807) is 11.0 Å². The molecule has 0 radical (unpaired) electrons. The normalized spacial score (nSPS) is 20.2. The third-order valence-corrected chi connectivity index (χ3v) is 8.59. The second-order valence-electron chi connectivity index (χ2n) is 7.80. The number of rotatable bonds is 9. The van der Waals surface area contributed by atoms with Crippen LogP contribution in [0.1, 0.15) is 39.0 Å². The van der Waals surface area contributed by atoms with Gasteiger partial charge in [0.15, 0.2) is 21.3 Å². The zero-order valence-electron chi connectivity index (χ0n) is 17.7. The van der Waals surface area contributed by atoms with Gasteiger partial charge < -0.3 is 14.4 Å². The molecule has 0 bridgehead atoms. The molecule has 1 aromatic carbocycles. The van der Waals surface area contributed by atoms with E-state index in [9.17, 15) is 21.6 Å². The van der Waals surface area contributed by atoms with E-state index < -0.39 is 19.9 Å². The highest BCUT2D eigenvalue weighted by atomic mass is 32.2. The lowest BCUT2D eigenvalue weighted by molar-refractivity contribution is -0.133. The Labute approximate surface area is 184 Å². The van der Waals surface area contributed by atoms with Crippen molar-refractivity contribution in [2.45, 2.75) is 50.0 Å². The van der Waals surface area contributed by atoms with Gasteiger partial charge in [0.25, 0.3) is 0 Å². The van der Waals surface area contributed by atoms with Crippen LogP contribution < -0.4 is 14.2 Å². The van der Waals surface area contributed by atoms with Crippen molar-refractivity contribution < 1.29 is 31.1 Å². The lowest BCUT2D eigenvalue weighted by Gasteiger charge is -2.28. The third kappa shape index (κ3) is 6.33. The van der Waals surface area contributed by atoms with Crippen LogP contribution in [0.5, 0.6) is 11.5 Å². The maximum atomic E-state index is 12.8. The summed E-state index contributed by atoms with van der Waals surface area (Å²) in [6, 6.07) is 4.09. The molecule has 1 atom stereocenters. The van der Waals surface area contributed by atoms with Crippen LogP contribution in [0.25, 0.3) is 0 Å². The van der Waals surface area contributed by atoms with Crippen LogP contribution in [-0.2, 0) is 24.7 Å². The molecule has 11 heteroatoms. The number of ether oxygens (including phenoxy) is 2. The Hall–Kier alpha value is -1.85. The Kier molecular flexibility index (Phi) is 7.82. The van der Waals surface area contributed by atoms with Gasteiger partial charge in [-0.25, -0.2) is 21.6 Å². The van der Waals surface area contributed by atoms with E-state index in [4.69, 9.17) is 9.47 Å². The zero-order chi connectivity index (χ0) is 22.5. The lowest BCUT2D eigenvalue weighted by atomic mass is 10.2. The molecule has 31 heavy (non-hydrogen) atoms. The summed E-state index contributed by atoms with van der Waals surface area (Å²) in [6.45, 7) is 3.36. The van der Waals surface area contributed by atoms with Gasteiger partial charge in [0.1, 0.15) is 0 Å². The smallest absolute Gasteiger partial charge is 0.240 e. The quantitative estimate of drug-likeness (QED) is 0.573. The van der Waals surface area contributed by atoms with Crippen LogP contribution in [0.4, 0.5) is 0 Å². The number of unbranched alkanes of at least 4 members (excludes halogenated alkanes) is 1. The lowest BCUT2D eigenvalue weighted by Crippen LogP contribution is -2.43. The number of carbonyl (C=O) groups excluding carboxylic acids is 1. The van der Waals surface area contributed by atoms with Gasteiger partial charge in [-0.15, -0.1) is 0 Å². The topological polar surface area (TPSA) is 119 Å². The average Bonchev–Trinajstić information content (AvgIpc) is 2.93. The standard InChI is InChI=1S/C20H30N2O7S2/c1-2-3-10-22(16-8-13-30(24,25)15-16)20(23)7-9-21-31(26,27)17-5-6-18-19(14-17)29-12-4-11-28-18/h5-6,14,16,21H,2-4,7-13,15H2,1H3. The fraction of sp³-hybridized carbons (Fsp3) is 0.650. The van der Waals surface area contributed by atoms with Crippen LogP contribution in [0.2, 0.25) is 0 Å². The molecule has 1 amide bonds. The second kappa shape index (κ2) is 10.2. The van der Waals surface area contributed by atoms with E-state index in [1.807, 2.05) is 6.92 Å². The maximum Gasteiger partial charge on any atom is 0.240 e. The molecule has 174 valence electrons. The molecule has 0 aliphatic carbocycles. The number of hydrogen-bond donors (Lipinski definition) is 1. The first-order chi connectivity index (χ1) is 14.7. The minimum atomic E-state index is -3.83. The van der Waals surface area contributed by atoms with E-state index in [2.05, 4.69) is 4.72 Å². The molecule has 1 N–H and O–H groups in total. The van der Waals surface area contributed by atoms with Gasteiger partial charge in [-0.1, -0.05) is 13.3 Å². The summed E-state index contributed by atoms with van der Waals surface area (Å²) in [4.78, 5) is 14.4. The Bertz CT molecular complexity index is 993. The fourth-order valence-corrected chi connectivity index (χ4v) is 6.47. The third-order valence-electron chi connectivity index (χ3n) is 5.38. The number of nitrogens with zero attached hydrogens (tertiary/aromatic N) is 1. The molecular formula is C20H30N2O7S2. The maximum absolute atomic E-state index is 12.8. The highest BCUT2D eigenvalue weighted by Crippen LogP contribution is 2.31. The van der Waals surface area contributed by atoms with E-state index in [0.29, 0.717) is 44.1 Å². The van der Waals surface area contributed by atoms with Crippen molar-refractivity contribution in [1.82, 2.24) is 9.62 Å². The molecule has 0 saturated carbocycles. The summed E-state index contributed by atoms with van der Waals surface area (Å²) in [6.07, 6.45) is 2.75. The first-order valence-corrected chi connectivity index (χ1v) is 13.9. The van der Waals surface area contributed by atoms with Gasteiger partial charge in [0.2, 0.25) is 15.9 Å². The van der Waals surface area contributed by atoms with Crippen LogP contribution in [-0.4, -0.2) is 71.5 Å². The molecule has 0 spiro atoms. The number of nitrogens with one attached hydrogen (secondary N) is 1. The molecule has 9 nitrogen and oxygen atoms in total. The Morgan fingerprint density at radius 3 is 2.65 bits per heavy atom.